The van der Waals surface area contributed by atoms with Crippen LogP contribution in [0.1, 0.15) is 31.0 Å². The van der Waals surface area contributed by atoms with E-state index in [1.165, 1.54) is 5.82 Å². The molecule has 1 aliphatic heterocycles. The first-order chi connectivity index (χ1) is 11.6. The summed E-state index contributed by atoms with van der Waals surface area (Å²) in [5.41, 5.74) is 5.80. The minimum Gasteiger partial charge on any atom is -0.384 e. The zero-order chi connectivity index (χ0) is 16.9. The highest BCUT2D eigenvalue weighted by Crippen LogP contribution is 2.28. The molecule has 3 rings (SSSR count). The van der Waals surface area contributed by atoms with Crippen LogP contribution < -0.4 is 10.6 Å². The van der Waals surface area contributed by atoms with Crippen LogP contribution in [0.25, 0.3) is 0 Å². The molecular weight excluding hydrogens is 302 g/mol. The Morgan fingerprint density at radius 2 is 2.17 bits per heavy atom. The Morgan fingerprint density at radius 3 is 2.96 bits per heavy atom. The Balaban J connectivity index is 1.68. The molecule has 2 aromatic rings. The summed E-state index contributed by atoms with van der Waals surface area (Å²) >= 11 is 0. The first-order valence-electron chi connectivity index (χ1n) is 8.62. The molecule has 7 nitrogen and oxygen atoms in total. The smallest absolute Gasteiger partial charge is 0.227 e. The van der Waals surface area contributed by atoms with Crippen LogP contribution in [0.4, 0.5) is 11.8 Å². The van der Waals surface area contributed by atoms with Crippen molar-refractivity contribution >= 4 is 11.8 Å². The number of rotatable bonds is 6. The fourth-order valence-corrected chi connectivity index (χ4v) is 3.31. The molecule has 1 fully saturated rings. The second-order valence-corrected chi connectivity index (χ2v) is 6.70. The summed E-state index contributed by atoms with van der Waals surface area (Å²) in [5, 5.41) is 0. The van der Waals surface area contributed by atoms with Crippen LogP contribution in [0.3, 0.4) is 0 Å². The molecule has 1 unspecified atom stereocenters. The van der Waals surface area contributed by atoms with Gasteiger partial charge in [0.2, 0.25) is 5.95 Å². The van der Waals surface area contributed by atoms with Crippen LogP contribution in [-0.4, -0.2) is 58.1 Å². The van der Waals surface area contributed by atoms with E-state index in [4.69, 9.17) is 5.73 Å². The molecule has 2 aromatic heterocycles. The highest BCUT2D eigenvalue weighted by atomic mass is 15.3. The van der Waals surface area contributed by atoms with Gasteiger partial charge in [-0.2, -0.15) is 4.98 Å². The minimum absolute atomic E-state index is 0.415. The predicted octanol–water partition coefficient (Wildman–Crippen LogP) is 1.59. The molecule has 1 atom stereocenters. The van der Waals surface area contributed by atoms with E-state index in [1.807, 2.05) is 6.20 Å². The van der Waals surface area contributed by atoms with Gasteiger partial charge < -0.3 is 20.1 Å². The van der Waals surface area contributed by atoms with Crippen molar-refractivity contribution in [2.75, 3.05) is 44.4 Å². The quantitative estimate of drug-likeness (QED) is 0.867. The van der Waals surface area contributed by atoms with Crippen molar-refractivity contribution in [3.63, 3.8) is 0 Å². The molecule has 130 valence electrons. The highest BCUT2D eigenvalue weighted by Gasteiger charge is 2.26. The number of aryl methyl sites for hydroxylation is 1. The van der Waals surface area contributed by atoms with Crippen molar-refractivity contribution in [2.24, 2.45) is 0 Å². The van der Waals surface area contributed by atoms with Gasteiger partial charge in [-0.25, -0.2) is 9.97 Å². The van der Waals surface area contributed by atoms with Crippen molar-refractivity contribution in [3.8, 4) is 0 Å². The molecule has 1 aliphatic rings. The van der Waals surface area contributed by atoms with Gasteiger partial charge in [-0.05, 0) is 46.0 Å². The number of imidazole rings is 1. The van der Waals surface area contributed by atoms with E-state index in [0.717, 1.165) is 51.4 Å². The van der Waals surface area contributed by atoms with Crippen molar-refractivity contribution in [1.82, 2.24) is 24.4 Å². The fourth-order valence-electron chi connectivity index (χ4n) is 3.31. The molecular formula is C17H27N7. The maximum absolute atomic E-state index is 5.80. The zero-order valence-electron chi connectivity index (χ0n) is 14.6. The van der Waals surface area contributed by atoms with Crippen LogP contribution in [0.5, 0.6) is 0 Å². The van der Waals surface area contributed by atoms with E-state index in [0.29, 0.717) is 11.7 Å². The van der Waals surface area contributed by atoms with Gasteiger partial charge in [0, 0.05) is 44.1 Å². The number of piperidine rings is 1. The average Bonchev–Trinajstić information content (AvgIpc) is 3.03. The second kappa shape index (κ2) is 7.61. The summed E-state index contributed by atoms with van der Waals surface area (Å²) in [4.78, 5) is 17.8. The lowest BCUT2D eigenvalue weighted by Crippen LogP contribution is -2.36. The molecule has 0 aliphatic carbocycles. The van der Waals surface area contributed by atoms with Gasteiger partial charge in [0.05, 0.1) is 0 Å². The predicted molar refractivity (Wildman–Crippen MR) is 96.0 cm³/mol. The maximum Gasteiger partial charge on any atom is 0.227 e. The molecule has 2 N–H and O–H groups in total. The van der Waals surface area contributed by atoms with Gasteiger partial charge in [0.15, 0.2) is 0 Å². The molecule has 7 heteroatoms. The van der Waals surface area contributed by atoms with Crippen LogP contribution >= 0.6 is 0 Å². The zero-order valence-corrected chi connectivity index (χ0v) is 14.6. The van der Waals surface area contributed by atoms with E-state index in [-0.39, 0.29) is 0 Å². The summed E-state index contributed by atoms with van der Waals surface area (Å²) < 4.78 is 2.30. The largest absolute Gasteiger partial charge is 0.384 e. The van der Waals surface area contributed by atoms with E-state index in [9.17, 15) is 0 Å². The van der Waals surface area contributed by atoms with E-state index in [2.05, 4.69) is 49.6 Å². The molecule has 0 spiro atoms. The summed E-state index contributed by atoms with van der Waals surface area (Å²) in [7, 11) is 4.22. The standard InChI is InChI=1S/C17H27N7/c1-22(2)9-4-11-23-12-8-19-16(23)14-5-3-10-24(13-14)17-20-7-6-15(18)21-17/h6-8,12,14H,3-5,9-11,13H2,1-2H3,(H2,18,20,21). The molecule has 0 bridgehead atoms. The Kier molecular flexibility index (Phi) is 5.30. The Labute approximate surface area is 143 Å². The molecule has 24 heavy (non-hydrogen) atoms. The van der Waals surface area contributed by atoms with Gasteiger partial charge in [0.25, 0.3) is 0 Å². The minimum atomic E-state index is 0.415. The molecule has 0 radical (unpaired) electrons. The van der Waals surface area contributed by atoms with Crippen molar-refractivity contribution in [2.45, 2.75) is 31.7 Å². The molecule has 0 amide bonds. The summed E-state index contributed by atoms with van der Waals surface area (Å²) in [6, 6.07) is 1.72. The van der Waals surface area contributed by atoms with Crippen LogP contribution in [-0.2, 0) is 6.54 Å². The number of nitrogens with zero attached hydrogens (tertiary/aromatic N) is 6. The van der Waals surface area contributed by atoms with Gasteiger partial charge in [-0.3, -0.25) is 0 Å². The van der Waals surface area contributed by atoms with E-state index >= 15 is 0 Å². The summed E-state index contributed by atoms with van der Waals surface area (Å²) in [5.74, 6) is 2.85. The first kappa shape index (κ1) is 16.7. The van der Waals surface area contributed by atoms with Crippen molar-refractivity contribution in [3.05, 3.63) is 30.5 Å². The number of hydrogen-bond acceptors (Lipinski definition) is 6. The Hall–Kier alpha value is -2.15. The van der Waals surface area contributed by atoms with Crippen LogP contribution in [0.2, 0.25) is 0 Å². The third kappa shape index (κ3) is 4.03. The number of aromatic nitrogens is 4. The second-order valence-electron chi connectivity index (χ2n) is 6.70. The number of anilines is 2. The number of nitrogen functional groups attached to an aromatic ring is 1. The van der Waals surface area contributed by atoms with Gasteiger partial charge in [-0.1, -0.05) is 0 Å². The van der Waals surface area contributed by atoms with Crippen molar-refractivity contribution in [1.29, 1.82) is 0 Å². The average molecular weight is 329 g/mol. The highest BCUT2D eigenvalue weighted by molar-refractivity contribution is 5.38. The number of nitrogens with two attached hydrogens (primary N) is 1. The topological polar surface area (TPSA) is 76.1 Å². The van der Waals surface area contributed by atoms with E-state index in [1.54, 1.807) is 12.3 Å². The maximum atomic E-state index is 5.80. The lowest BCUT2D eigenvalue weighted by atomic mass is 9.97. The Morgan fingerprint density at radius 1 is 1.29 bits per heavy atom. The third-order valence-electron chi connectivity index (χ3n) is 4.49. The summed E-state index contributed by atoms with van der Waals surface area (Å²) in [6.45, 7) is 3.97. The van der Waals surface area contributed by atoms with Gasteiger partial charge >= 0.3 is 0 Å². The summed E-state index contributed by atoms with van der Waals surface area (Å²) in [6.07, 6.45) is 9.15. The lowest BCUT2D eigenvalue weighted by molar-refractivity contribution is 0.380. The van der Waals surface area contributed by atoms with Gasteiger partial charge in [-0.15, -0.1) is 0 Å². The number of hydrogen-bond donors (Lipinski definition) is 1. The molecule has 1 saturated heterocycles. The SMILES string of the molecule is CN(C)CCCn1ccnc1C1CCCN(c2nccc(N)n2)C1. The Bertz CT molecular complexity index is 652. The van der Waals surface area contributed by atoms with Crippen molar-refractivity contribution < 1.29 is 0 Å². The van der Waals surface area contributed by atoms with E-state index < -0.39 is 0 Å². The fraction of sp³-hybridized carbons (Fsp3) is 0.588. The normalized spacial score (nSPS) is 18.3. The monoisotopic (exact) mass is 329 g/mol. The molecule has 3 heterocycles. The van der Waals surface area contributed by atoms with Crippen LogP contribution in [0, 0.1) is 0 Å². The van der Waals surface area contributed by atoms with Gasteiger partial charge in [0.1, 0.15) is 11.6 Å². The molecule has 0 saturated carbocycles. The first-order valence-corrected chi connectivity index (χ1v) is 8.62. The molecule has 0 aromatic carbocycles. The lowest BCUT2D eigenvalue weighted by Gasteiger charge is -2.32. The third-order valence-corrected chi connectivity index (χ3v) is 4.49. The van der Waals surface area contributed by atoms with Crippen LogP contribution in [0.15, 0.2) is 24.7 Å².